The number of fused-ring (bicyclic) bond motifs is 2. The maximum absolute atomic E-state index is 6.56. The zero-order valence-corrected chi connectivity index (χ0v) is 19.3. The van der Waals surface area contributed by atoms with E-state index in [9.17, 15) is 0 Å². The number of hydrogen-bond donors (Lipinski definition) is 3. The third-order valence-electron chi connectivity index (χ3n) is 7.09. The fourth-order valence-electron chi connectivity index (χ4n) is 5.14. The molecule has 5 N–H and O–H groups in total. The predicted molar refractivity (Wildman–Crippen MR) is 134 cm³/mol. The van der Waals surface area contributed by atoms with Crippen LogP contribution in [0.25, 0.3) is 16.7 Å². The molecule has 6 rings (SSSR count). The summed E-state index contributed by atoms with van der Waals surface area (Å²) < 4.78 is 0. The Hall–Kier alpha value is -3.69. The van der Waals surface area contributed by atoms with Gasteiger partial charge in [-0.15, -0.1) is 0 Å². The van der Waals surface area contributed by atoms with Crippen molar-refractivity contribution in [2.75, 3.05) is 28.7 Å². The normalized spacial score (nSPS) is 16.9. The van der Waals surface area contributed by atoms with E-state index in [0.29, 0.717) is 33.0 Å². The number of aromatic nitrogens is 5. The van der Waals surface area contributed by atoms with E-state index in [0.717, 1.165) is 43.9 Å². The van der Waals surface area contributed by atoms with Crippen molar-refractivity contribution in [1.29, 1.82) is 0 Å². The number of piperidine rings is 1. The van der Waals surface area contributed by atoms with Crippen LogP contribution < -0.4 is 21.5 Å². The number of pyridine rings is 1. The first-order valence-electron chi connectivity index (χ1n) is 11.2. The maximum Gasteiger partial charge on any atom is 0.202 e. The molecule has 0 bridgehead atoms. The molecule has 1 fully saturated rings. The summed E-state index contributed by atoms with van der Waals surface area (Å²) in [6.07, 6.45) is 6.26. The van der Waals surface area contributed by atoms with Gasteiger partial charge in [0.1, 0.15) is 17.2 Å². The van der Waals surface area contributed by atoms with E-state index in [2.05, 4.69) is 49.8 Å². The van der Waals surface area contributed by atoms with Crippen LogP contribution in [0.3, 0.4) is 0 Å². The van der Waals surface area contributed by atoms with Gasteiger partial charge in [-0.25, -0.2) is 20.8 Å². The number of H-pyrrole nitrogens is 1. The van der Waals surface area contributed by atoms with Gasteiger partial charge in [-0.2, -0.15) is 5.10 Å². The van der Waals surface area contributed by atoms with Gasteiger partial charge in [0.25, 0.3) is 0 Å². The van der Waals surface area contributed by atoms with Crippen LogP contribution in [-0.4, -0.2) is 43.8 Å². The summed E-state index contributed by atoms with van der Waals surface area (Å²) >= 11 is 6.34. The second-order valence-electron chi connectivity index (χ2n) is 8.92. The van der Waals surface area contributed by atoms with Crippen molar-refractivity contribution in [3.05, 3.63) is 71.1 Å². The van der Waals surface area contributed by atoms with Gasteiger partial charge in [0.2, 0.25) is 5.65 Å². The van der Waals surface area contributed by atoms with E-state index in [1.165, 1.54) is 5.56 Å². The van der Waals surface area contributed by atoms with Crippen molar-refractivity contribution >= 4 is 45.7 Å². The summed E-state index contributed by atoms with van der Waals surface area (Å²) in [6.45, 7) is 5.85. The molecular formula is C24H24ClN9. The highest BCUT2D eigenvalue weighted by Crippen LogP contribution is 2.42. The molecule has 172 valence electrons. The molecule has 9 nitrogen and oxygen atoms in total. The molecule has 10 heteroatoms. The molecule has 0 radical (unpaired) electrons. The molecule has 3 aromatic heterocycles. The number of halogens is 1. The number of rotatable bonds is 3. The van der Waals surface area contributed by atoms with Crippen molar-refractivity contribution in [3.8, 4) is 0 Å². The van der Waals surface area contributed by atoms with Crippen LogP contribution in [0.2, 0.25) is 5.02 Å². The second-order valence-corrected chi connectivity index (χ2v) is 9.30. The Kier molecular flexibility index (Phi) is 4.72. The Morgan fingerprint density at radius 1 is 1.15 bits per heavy atom. The van der Waals surface area contributed by atoms with Crippen molar-refractivity contribution in [3.63, 3.8) is 0 Å². The molecule has 2 aliphatic rings. The molecular weight excluding hydrogens is 450 g/mol. The molecule has 1 aromatic carbocycles. The molecule has 0 aliphatic carbocycles. The van der Waals surface area contributed by atoms with Crippen molar-refractivity contribution in [1.82, 2.24) is 25.1 Å². The molecule has 0 amide bonds. The first-order valence-corrected chi connectivity index (χ1v) is 11.5. The van der Waals surface area contributed by atoms with E-state index < -0.39 is 0 Å². The van der Waals surface area contributed by atoms with Crippen LogP contribution in [0.1, 0.15) is 29.7 Å². The number of anilines is 3. The number of nitrogens with one attached hydrogen (secondary N) is 1. The topological polar surface area (TPSA) is 126 Å². The number of nitrogen functional groups attached to an aromatic ring is 1. The third kappa shape index (κ3) is 3.12. The number of benzene rings is 1. The standard InChI is InChI=1S/C24H24ClN9/c1-14(16-6-9-28-22(26)19(16)25)20-21-23(32-31-20)30-18(13-29-21)33-10-7-24(8-11-33)12-15-4-2-3-5-17(15)34(24)27/h2-6,9,13H,1,7-8,10-12,27H2,(H2,26,28)(H,30,31,32). The van der Waals surface area contributed by atoms with E-state index >= 15 is 0 Å². The molecule has 1 spiro atoms. The van der Waals surface area contributed by atoms with Crippen LogP contribution in [0.5, 0.6) is 0 Å². The summed E-state index contributed by atoms with van der Waals surface area (Å²) in [5, 5.41) is 9.72. The van der Waals surface area contributed by atoms with Gasteiger partial charge >= 0.3 is 0 Å². The predicted octanol–water partition coefficient (Wildman–Crippen LogP) is 3.32. The fraction of sp³-hybridized carbons (Fsp3) is 0.250. The fourth-order valence-corrected chi connectivity index (χ4v) is 5.36. The van der Waals surface area contributed by atoms with Crippen LogP contribution in [0.15, 0.2) is 49.3 Å². The lowest BCUT2D eigenvalue weighted by molar-refractivity contribution is 0.322. The van der Waals surface area contributed by atoms with Gasteiger partial charge in [-0.1, -0.05) is 36.4 Å². The van der Waals surface area contributed by atoms with Gasteiger partial charge in [-0.05, 0) is 37.0 Å². The smallest absolute Gasteiger partial charge is 0.202 e. The maximum atomic E-state index is 6.56. The van der Waals surface area contributed by atoms with Gasteiger partial charge < -0.3 is 15.6 Å². The lowest BCUT2D eigenvalue weighted by Crippen LogP contribution is -2.57. The molecule has 0 unspecified atom stereocenters. The van der Waals surface area contributed by atoms with E-state index in [1.807, 2.05) is 11.1 Å². The molecule has 0 atom stereocenters. The van der Waals surface area contributed by atoms with Crippen molar-refractivity contribution in [2.24, 2.45) is 5.84 Å². The van der Waals surface area contributed by atoms with Crippen LogP contribution in [0, 0.1) is 0 Å². The number of aromatic amines is 1. The van der Waals surface area contributed by atoms with Gasteiger partial charge in [0.15, 0.2) is 0 Å². The summed E-state index contributed by atoms with van der Waals surface area (Å²) in [5.74, 6) is 7.61. The summed E-state index contributed by atoms with van der Waals surface area (Å²) in [5.41, 5.74) is 11.4. The highest BCUT2D eigenvalue weighted by molar-refractivity contribution is 6.34. The lowest BCUT2D eigenvalue weighted by atomic mass is 9.84. The molecule has 2 aliphatic heterocycles. The zero-order chi connectivity index (χ0) is 23.4. The first-order chi connectivity index (χ1) is 16.5. The molecule has 1 saturated heterocycles. The quantitative estimate of drug-likeness (QED) is 0.387. The van der Waals surface area contributed by atoms with Crippen LogP contribution >= 0.6 is 11.6 Å². The van der Waals surface area contributed by atoms with Gasteiger partial charge in [-0.3, -0.25) is 5.10 Å². The average molecular weight is 474 g/mol. The highest BCUT2D eigenvalue weighted by Gasteiger charge is 2.44. The summed E-state index contributed by atoms with van der Waals surface area (Å²) in [4.78, 5) is 15.7. The lowest BCUT2D eigenvalue weighted by Gasteiger charge is -2.44. The minimum atomic E-state index is -0.0411. The van der Waals surface area contributed by atoms with Crippen LogP contribution in [-0.2, 0) is 6.42 Å². The number of hydrazine groups is 1. The second kappa shape index (κ2) is 7.68. The average Bonchev–Trinajstić information content (AvgIpc) is 3.40. The Morgan fingerprint density at radius 3 is 2.74 bits per heavy atom. The minimum Gasteiger partial charge on any atom is -0.382 e. The van der Waals surface area contributed by atoms with Crippen LogP contribution in [0.4, 0.5) is 17.3 Å². The number of hydrogen-bond acceptors (Lipinski definition) is 8. The Morgan fingerprint density at radius 2 is 1.94 bits per heavy atom. The monoisotopic (exact) mass is 473 g/mol. The molecule has 34 heavy (non-hydrogen) atoms. The molecule has 4 aromatic rings. The number of para-hydroxylation sites is 1. The Balaban J connectivity index is 1.23. The number of nitrogens with zero attached hydrogens (tertiary/aromatic N) is 6. The Bertz CT molecular complexity index is 1420. The SMILES string of the molecule is C=C(c1ccnc(N)c1Cl)c1[nH]nc2nc(N3CCC4(CC3)Cc3ccccc3N4N)cnc12. The Labute approximate surface area is 201 Å². The summed E-state index contributed by atoms with van der Waals surface area (Å²) in [7, 11) is 0. The molecule has 0 saturated carbocycles. The zero-order valence-electron chi connectivity index (χ0n) is 18.5. The highest BCUT2D eigenvalue weighted by atomic mass is 35.5. The van der Waals surface area contributed by atoms with Crippen molar-refractivity contribution in [2.45, 2.75) is 24.8 Å². The van der Waals surface area contributed by atoms with Gasteiger partial charge in [0, 0.05) is 30.4 Å². The van der Waals surface area contributed by atoms with Crippen molar-refractivity contribution < 1.29 is 0 Å². The van der Waals surface area contributed by atoms with Gasteiger partial charge in [0.05, 0.1) is 28.1 Å². The summed E-state index contributed by atoms with van der Waals surface area (Å²) in [6, 6.07) is 10.2. The molecule has 5 heterocycles. The number of nitrogens with two attached hydrogens (primary N) is 2. The minimum absolute atomic E-state index is 0.0411. The largest absolute Gasteiger partial charge is 0.382 e. The third-order valence-corrected chi connectivity index (χ3v) is 7.49. The van der Waals surface area contributed by atoms with E-state index in [1.54, 1.807) is 18.5 Å². The van der Waals surface area contributed by atoms with E-state index in [4.69, 9.17) is 28.2 Å². The van der Waals surface area contributed by atoms with E-state index in [-0.39, 0.29) is 11.4 Å². The first kappa shape index (κ1) is 20.9.